The molecule has 0 radical (unpaired) electrons. The fourth-order valence-electron chi connectivity index (χ4n) is 2.67. The van der Waals surface area contributed by atoms with E-state index in [9.17, 15) is 5.11 Å². The Morgan fingerprint density at radius 3 is 2.61 bits per heavy atom. The van der Waals surface area contributed by atoms with E-state index in [1.807, 2.05) is 12.1 Å². The van der Waals surface area contributed by atoms with Gasteiger partial charge in [0.25, 0.3) is 0 Å². The molecule has 1 heterocycles. The maximum absolute atomic E-state index is 9.31. The molecular formula is C16H17NO. The van der Waals surface area contributed by atoms with E-state index in [-0.39, 0.29) is 0 Å². The number of rotatable bonds is 2. The molecule has 18 heavy (non-hydrogen) atoms. The first-order valence-electron chi connectivity index (χ1n) is 6.36. The number of aromatic hydroxyl groups is 1. The van der Waals surface area contributed by atoms with Gasteiger partial charge in [0.15, 0.2) is 0 Å². The van der Waals surface area contributed by atoms with E-state index in [0.29, 0.717) is 11.8 Å². The van der Waals surface area contributed by atoms with Gasteiger partial charge >= 0.3 is 0 Å². The van der Waals surface area contributed by atoms with Crippen molar-refractivity contribution < 1.29 is 5.11 Å². The molecule has 0 saturated carbocycles. The summed E-state index contributed by atoms with van der Waals surface area (Å²) >= 11 is 0. The summed E-state index contributed by atoms with van der Waals surface area (Å²) in [5, 5.41) is 9.31. The lowest BCUT2D eigenvalue weighted by Gasteiger charge is -2.25. The van der Waals surface area contributed by atoms with E-state index < -0.39 is 0 Å². The quantitative estimate of drug-likeness (QED) is 0.868. The normalized spacial score (nSPS) is 17.8. The number of nitrogens with zero attached hydrogens (tertiary/aromatic N) is 1. The highest BCUT2D eigenvalue weighted by Crippen LogP contribution is 2.33. The third-order valence-electron chi connectivity index (χ3n) is 3.64. The Morgan fingerprint density at radius 1 is 1.11 bits per heavy atom. The van der Waals surface area contributed by atoms with Crippen LogP contribution < -0.4 is 4.90 Å². The molecule has 1 N–H and O–H groups in total. The van der Waals surface area contributed by atoms with E-state index in [2.05, 4.69) is 36.1 Å². The van der Waals surface area contributed by atoms with Crippen LogP contribution in [0.3, 0.4) is 0 Å². The Morgan fingerprint density at radius 2 is 1.83 bits per heavy atom. The van der Waals surface area contributed by atoms with Crippen LogP contribution in [0.1, 0.15) is 18.1 Å². The van der Waals surface area contributed by atoms with Crippen molar-refractivity contribution in [2.24, 2.45) is 0 Å². The van der Waals surface area contributed by atoms with Crippen LogP contribution in [0.2, 0.25) is 0 Å². The molecule has 0 aromatic heterocycles. The van der Waals surface area contributed by atoms with Crippen molar-refractivity contribution >= 4 is 5.69 Å². The van der Waals surface area contributed by atoms with Crippen LogP contribution in [0, 0.1) is 0 Å². The van der Waals surface area contributed by atoms with Gasteiger partial charge in [-0.15, -0.1) is 0 Å². The molecule has 0 aliphatic carbocycles. The molecule has 1 unspecified atom stereocenters. The van der Waals surface area contributed by atoms with Crippen molar-refractivity contribution in [3.8, 4) is 5.75 Å². The van der Waals surface area contributed by atoms with Crippen LogP contribution in [0.4, 0.5) is 5.69 Å². The number of fused-ring (bicyclic) bond motifs is 1. The van der Waals surface area contributed by atoms with E-state index in [0.717, 1.165) is 13.0 Å². The van der Waals surface area contributed by atoms with E-state index >= 15 is 0 Å². The lowest BCUT2D eigenvalue weighted by Crippen LogP contribution is -2.28. The van der Waals surface area contributed by atoms with Crippen molar-refractivity contribution in [3.63, 3.8) is 0 Å². The van der Waals surface area contributed by atoms with Crippen molar-refractivity contribution in [1.82, 2.24) is 0 Å². The van der Waals surface area contributed by atoms with Gasteiger partial charge in [0.2, 0.25) is 0 Å². The number of para-hydroxylation sites is 1. The van der Waals surface area contributed by atoms with Crippen molar-refractivity contribution in [2.75, 3.05) is 4.90 Å². The average molecular weight is 239 g/mol. The van der Waals surface area contributed by atoms with Gasteiger partial charge < -0.3 is 10.0 Å². The zero-order valence-corrected chi connectivity index (χ0v) is 10.5. The molecule has 92 valence electrons. The minimum atomic E-state index is 0.327. The minimum Gasteiger partial charge on any atom is -0.508 e. The molecule has 1 aliphatic rings. The maximum Gasteiger partial charge on any atom is 0.115 e. The maximum atomic E-state index is 9.31. The van der Waals surface area contributed by atoms with Crippen LogP contribution in [-0.2, 0) is 13.0 Å². The van der Waals surface area contributed by atoms with Gasteiger partial charge in [0.05, 0.1) is 0 Å². The molecule has 0 fully saturated rings. The SMILES string of the molecule is CC1Cc2ccccc2N1Cc1ccc(O)cc1. The monoisotopic (exact) mass is 239 g/mol. The second kappa shape index (κ2) is 4.37. The zero-order valence-electron chi connectivity index (χ0n) is 10.5. The van der Waals surface area contributed by atoms with Crippen LogP contribution >= 0.6 is 0 Å². The second-order valence-corrected chi connectivity index (χ2v) is 4.98. The number of hydrogen-bond acceptors (Lipinski definition) is 2. The number of phenols is 1. The summed E-state index contributed by atoms with van der Waals surface area (Å²) < 4.78 is 0. The molecule has 3 rings (SSSR count). The van der Waals surface area contributed by atoms with E-state index in [1.54, 1.807) is 12.1 Å². The summed E-state index contributed by atoms with van der Waals surface area (Å²) in [7, 11) is 0. The molecule has 2 aromatic carbocycles. The third kappa shape index (κ3) is 1.94. The van der Waals surface area contributed by atoms with Gasteiger partial charge in [-0.25, -0.2) is 0 Å². The second-order valence-electron chi connectivity index (χ2n) is 4.98. The molecule has 2 heteroatoms. The standard InChI is InChI=1S/C16H17NO/c1-12-10-14-4-2-3-5-16(14)17(12)11-13-6-8-15(18)9-7-13/h2-9,12,18H,10-11H2,1H3. The fourth-order valence-corrected chi connectivity index (χ4v) is 2.67. The Kier molecular flexibility index (Phi) is 2.71. The van der Waals surface area contributed by atoms with Crippen LogP contribution in [0.5, 0.6) is 5.75 Å². The van der Waals surface area contributed by atoms with Gasteiger partial charge in [0, 0.05) is 18.3 Å². The van der Waals surface area contributed by atoms with Gasteiger partial charge in [0.1, 0.15) is 5.75 Å². The number of benzene rings is 2. The highest BCUT2D eigenvalue weighted by molar-refractivity contribution is 5.59. The zero-order chi connectivity index (χ0) is 12.5. The molecule has 0 amide bonds. The highest BCUT2D eigenvalue weighted by Gasteiger charge is 2.25. The summed E-state index contributed by atoms with van der Waals surface area (Å²) in [6, 6.07) is 16.6. The number of phenolic OH excluding ortho intramolecular Hbond substituents is 1. The van der Waals surface area contributed by atoms with Gasteiger partial charge in [-0.3, -0.25) is 0 Å². The molecule has 1 atom stereocenters. The van der Waals surface area contributed by atoms with Gasteiger partial charge in [-0.05, 0) is 42.7 Å². The lowest BCUT2D eigenvalue weighted by atomic mass is 10.1. The molecule has 1 aliphatic heterocycles. The predicted molar refractivity (Wildman–Crippen MR) is 73.9 cm³/mol. The first-order chi connectivity index (χ1) is 8.74. The van der Waals surface area contributed by atoms with Crippen molar-refractivity contribution in [3.05, 3.63) is 59.7 Å². The third-order valence-corrected chi connectivity index (χ3v) is 3.64. The molecule has 0 spiro atoms. The number of anilines is 1. The minimum absolute atomic E-state index is 0.327. The van der Waals surface area contributed by atoms with Crippen LogP contribution in [-0.4, -0.2) is 11.1 Å². The molecule has 2 aromatic rings. The Bertz CT molecular complexity index is 547. The Hall–Kier alpha value is -1.96. The van der Waals surface area contributed by atoms with Crippen molar-refractivity contribution in [1.29, 1.82) is 0 Å². The van der Waals surface area contributed by atoms with Crippen LogP contribution in [0.25, 0.3) is 0 Å². The molecule has 0 bridgehead atoms. The van der Waals surface area contributed by atoms with E-state index in [1.165, 1.54) is 16.8 Å². The van der Waals surface area contributed by atoms with Crippen molar-refractivity contribution in [2.45, 2.75) is 25.9 Å². The topological polar surface area (TPSA) is 23.5 Å². The largest absolute Gasteiger partial charge is 0.508 e. The first-order valence-corrected chi connectivity index (χ1v) is 6.36. The average Bonchev–Trinajstić information content (AvgIpc) is 2.69. The Balaban J connectivity index is 1.87. The van der Waals surface area contributed by atoms with Gasteiger partial charge in [-0.2, -0.15) is 0 Å². The van der Waals surface area contributed by atoms with E-state index in [4.69, 9.17) is 0 Å². The summed E-state index contributed by atoms with van der Waals surface area (Å²) in [5.74, 6) is 0.327. The lowest BCUT2D eigenvalue weighted by molar-refractivity contribution is 0.475. The molecular weight excluding hydrogens is 222 g/mol. The summed E-state index contributed by atoms with van der Waals surface area (Å²) in [4.78, 5) is 2.43. The van der Waals surface area contributed by atoms with Crippen LogP contribution in [0.15, 0.2) is 48.5 Å². The first kappa shape index (κ1) is 11.1. The fraction of sp³-hybridized carbons (Fsp3) is 0.250. The molecule has 2 nitrogen and oxygen atoms in total. The summed E-state index contributed by atoms with van der Waals surface area (Å²) in [5.41, 5.74) is 4.01. The summed E-state index contributed by atoms with van der Waals surface area (Å²) in [6.45, 7) is 3.17. The summed E-state index contributed by atoms with van der Waals surface area (Å²) in [6.07, 6.45) is 1.12. The van der Waals surface area contributed by atoms with Gasteiger partial charge in [-0.1, -0.05) is 30.3 Å². The number of hydrogen-bond donors (Lipinski definition) is 1. The molecule has 0 saturated heterocycles. The predicted octanol–water partition coefficient (Wildman–Crippen LogP) is 3.34. The Labute approximate surface area is 107 Å². The smallest absolute Gasteiger partial charge is 0.115 e. The highest BCUT2D eigenvalue weighted by atomic mass is 16.3.